The molecule has 0 spiro atoms. The van der Waals surface area contributed by atoms with Gasteiger partial charge in [0.1, 0.15) is 17.1 Å². The van der Waals surface area contributed by atoms with Gasteiger partial charge in [0.05, 0.1) is 12.3 Å². The monoisotopic (exact) mass is 283 g/mol. The van der Waals surface area contributed by atoms with Gasteiger partial charge in [-0.2, -0.15) is 0 Å². The number of nitrogens with zero attached hydrogens (tertiary/aromatic N) is 4. The van der Waals surface area contributed by atoms with Gasteiger partial charge in [-0.3, -0.25) is 9.88 Å². The first kappa shape index (κ1) is 13.5. The predicted octanol–water partition coefficient (Wildman–Crippen LogP) is 2.33. The summed E-state index contributed by atoms with van der Waals surface area (Å²) in [5.74, 6) is 1.70. The van der Waals surface area contributed by atoms with Crippen LogP contribution in [0.4, 0.5) is 5.82 Å². The van der Waals surface area contributed by atoms with Crippen molar-refractivity contribution in [1.29, 1.82) is 0 Å². The Bertz CT molecular complexity index is 711. The molecule has 0 aliphatic carbocycles. The minimum atomic E-state index is 0.138. The van der Waals surface area contributed by atoms with Gasteiger partial charge in [0.15, 0.2) is 5.65 Å². The van der Waals surface area contributed by atoms with E-state index >= 15 is 0 Å². The number of aromatic nitrogens is 3. The van der Waals surface area contributed by atoms with E-state index in [4.69, 9.17) is 4.42 Å². The fourth-order valence-electron chi connectivity index (χ4n) is 2.17. The first-order chi connectivity index (χ1) is 10.2. The molecule has 108 valence electrons. The molecule has 3 heterocycles. The number of furan rings is 1. The van der Waals surface area contributed by atoms with Crippen LogP contribution in [0.1, 0.15) is 11.8 Å². The van der Waals surface area contributed by atoms with E-state index < -0.39 is 0 Å². The van der Waals surface area contributed by atoms with Crippen LogP contribution in [0.15, 0.2) is 47.3 Å². The molecule has 21 heavy (non-hydrogen) atoms. The summed E-state index contributed by atoms with van der Waals surface area (Å²) in [6.45, 7) is 0.694. The fourth-order valence-corrected chi connectivity index (χ4v) is 2.17. The van der Waals surface area contributed by atoms with Crippen LogP contribution < -0.4 is 5.32 Å². The molecule has 3 aromatic heterocycles. The van der Waals surface area contributed by atoms with Crippen LogP contribution in [0.2, 0.25) is 0 Å². The molecule has 1 N–H and O–H groups in total. The minimum Gasteiger partial charge on any atom is -0.468 e. The topological polar surface area (TPSA) is 67.1 Å². The molecule has 0 amide bonds. The molecular weight excluding hydrogens is 266 g/mol. The van der Waals surface area contributed by atoms with Crippen molar-refractivity contribution >= 4 is 17.0 Å². The Balaban J connectivity index is 1.75. The van der Waals surface area contributed by atoms with Gasteiger partial charge < -0.3 is 9.73 Å². The third-order valence-electron chi connectivity index (χ3n) is 3.30. The molecule has 0 saturated carbocycles. The second-order valence-corrected chi connectivity index (χ2v) is 4.97. The first-order valence-corrected chi connectivity index (χ1v) is 6.75. The third kappa shape index (κ3) is 3.00. The SMILES string of the molecule is CN(C)C(CNc1ccc2nccnc2n1)c1ccco1. The highest BCUT2D eigenvalue weighted by molar-refractivity contribution is 5.71. The van der Waals surface area contributed by atoms with E-state index in [-0.39, 0.29) is 6.04 Å². The summed E-state index contributed by atoms with van der Waals surface area (Å²) in [6.07, 6.45) is 5.00. The maximum Gasteiger partial charge on any atom is 0.180 e. The summed E-state index contributed by atoms with van der Waals surface area (Å²) >= 11 is 0. The summed E-state index contributed by atoms with van der Waals surface area (Å²) in [4.78, 5) is 15.0. The van der Waals surface area contributed by atoms with Crippen molar-refractivity contribution in [2.45, 2.75) is 6.04 Å². The zero-order valence-corrected chi connectivity index (χ0v) is 12.0. The number of fused-ring (bicyclic) bond motifs is 1. The van der Waals surface area contributed by atoms with E-state index in [0.29, 0.717) is 12.2 Å². The smallest absolute Gasteiger partial charge is 0.180 e. The van der Waals surface area contributed by atoms with Crippen molar-refractivity contribution in [2.75, 3.05) is 26.0 Å². The van der Waals surface area contributed by atoms with E-state index in [2.05, 4.69) is 25.2 Å². The van der Waals surface area contributed by atoms with Gasteiger partial charge in [-0.05, 0) is 38.4 Å². The molecule has 3 aromatic rings. The lowest BCUT2D eigenvalue weighted by molar-refractivity contribution is 0.269. The van der Waals surface area contributed by atoms with Crippen molar-refractivity contribution in [3.63, 3.8) is 0 Å². The molecule has 1 unspecified atom stereocenters. The molecule has 0 bridgehead atoms. The standard InChI is InChI=1S/C15H17N5O/c1-20(2)12(13-4-3-9-21-13)10-18-14-6-5-11-15(19-14)17-8-7-16-11/h3-9,12H,10H2,1-2H3,(H,17,18,19). The zero-order chi connectivity index (χ0) is 14.7. The van der Waals surface area contributed by atoms with Crippen molar-refractivity contribution in [3.8, 4) is 0 Å². The van der Waals surface area contributed by atoms with Gasteiger partial charge in [-0.15, -0.1) is 0 Å². The Morgan fingerprint density at radius 3 is 2.81 bits per heavy atom. The maximum absolute atomic E-state index is 5.49. The highest BCUT2D eigenvalue weighted by atomic mass is 16.3. The van der Waals surface area contributed by atoms with Crippen LogP contribution in [-0.4, -0.2) is 40.5 Å². The Hall–Kier alpha value is -2.47. The lowest BCUT2D eigenvalue weighted by Crippen LogP contribution is -2.26. The quantitative estimate of drug-likeness (QED) is 0.775. The average Bonchev–Trinajstić information content (AvgIpc) is 3.01. The zero-order valence-electron chi connectivity index (χ0n) is 12.0. The molecule has 0 aliphatic heterocycles. The van der Waals surface area contributed by atoms with Gasteiger partial charge in [0.25, 0.3) is 0 Å². The molecule has 6 nitrogen and oxygen atoms in total. The molecule has 0 fully saturated rings. The Labute approximate surface area is 122 Å². The van der Waals surface area contributed by atoms with Gasteiger partial charge in [0, 0.05) is 18.9 Å². The number of hydrogen-bond donors (Lipinski definition) is 1. The molecular formula is C15H17N5O. The van der Waals surface area contributed by atoms with Crippen LogP contribution in [0.5, 0.6) is 0 Å². The van der Waals surface area contributed by atoms with Crippen LogP contribution in [0.25, 0.3) is 11.2 Å². The number of nitrogens with one attached hydrogen (secondary N) is 1. The van der Waals surface area contributed by atoms with Crippen molar-refractivity contribution in [2.24, 2.45) is 0 Å². The summed E-state index contributed by atoms with van der Waals surface area (Å²) < 4.78 is 5.49. The molecule has 0 radical (unpaired) electrons. The average molecular weight is 283 g/mol. The second kappa shape index (κ2) is 5.88. The van der Waals surface area contributed by atoms with E-state index in [0.717, 1.165) is 17.1 Å². The lowest BCUT2D eigenvalue weighted by Gasteiger charge is -2.22. The first-order valence-electron chi connectivity index (χ1n) is 6.75. The largest absolute Gasteiger partial charge is 0.468 e. The van der Waals surface area contributed by atoms with Gasteiger partial charge in [-0.1, -0.05) is 0 Å². The number of pyridine rings is 1. The molecule has 0 aromatic carbocycles. The maximum atomic E-state index is 5.49. The second-order valence-electron chi connectivity index (χ2n) is 4.97. The van der Waals surface area contributed by atoms with Crippen LogP contribution in [0, 0.1) is 0 Å². The van der Waals surface area contributed by atoms with Crippen molar-refractivity contribution in [3.05, 3.63) is 48.7 Å². The molecule has 3 rings (SSSR count). The molecule has 0 aliphatic rings. The van der Waals surface area contributed by atoms with E-state index in [1.807, 2.05) is 38.4 Å². The Morgan fingerprint density at radius 1 is 1.19 bits per heavy atom. The summed E-state index contributed by atoms with van der Waals surface area (Å²) in [7, 11) is 4.04. The summed E-state index contributed by atoms with van der Waals surface area (Å²) in [5, 5.41) is 3.33. The minimum absolute atomic E-state index is 0.138. The normalized spacial score (nSPS) is 12.7. The Kier molecular flexibility index (Phi) is 3.79. The van der Waals surface area contributed by atoms with Gasteiger partial charge >= 0.3 is 0 Å². The lowest BCUT2D eigenvalue weighted by atomic mass is 10.2. The van der Waals surface area contributed by atoms with Crippen LogP contribution in [-0.2, 0) is 0 Å². The fraction of sp³-hybridized carbons (Fsp3) is 0.267. The highest BCUT2D eigenvalue weighted by Crippen LogP contribution is 2.19. The molecule has 0 saturated heterocycles. The predicted molar refractivity (Wildman–Crippen MR) is 81.0 cm³/mol. The van der Waals surface area contributed by atoms with Crippen molar-refractivity contribution < 1.29 is 4.42 Å². The third-order valence-corrected chi connectivity index (χ3v) is 3.30. The number of likely N-dealkylation sites (N-methyl/N-ethyl adjacent to an activating group) is 1. The van der Waals surface area contributed by atoms with E-state index in [1.54, 1.807) is 18.7 Å². The number of rotatable bonds is 5. The molecule has 1 atom stereocenters. The number of anilines is 1. The number of hydrogen-bond acceptors (Lipinski definition) is 6. The Morgan fingerprint density at radius 2 is 2.05 bits per heavy atom. The van der Waals surface area contributed by atoms with E-state index in [1.165, 1.54) is 0 Å². The molecule has 6 heteroatoms. The van der Waals surface area contributed by atoms with Crippen LogP contribution >= 0.6 is 0 Å². The van der Waals surface area contributed by atoms with Crippen LogP contribution in [0.3, 0.4) is 0 Å². The highest BCUT2D eigenvalue weighted by Gasteiger charge is 2.16. The van der Waals surface area contributed by atoms with Gasteiger partial charge in [0.2, 0.25) is 0 Å². The summed E-state index contributed by atoms with van der Waals surface area (Å²) in [5.41, 5.74) is 1.43. The summed E-state index contributed by atoms with van der Waals surface area (Å²) in [6, 6.07) is 7.84. The van der Waals surface area contributed by atoms with Crippen molar-refractivity contribution in [1.82, 2.24) is 19.9 Å². The van der Waals surface area contributed by atoms with E-state index in [9.17, 15) is 0 Å². The van der Waals surface area contributed by atoms with Gasteiger partial charge in [-0.25, -0.2) is 9.97 Å².